The minimum atomic E-state index is 0.542. The van der Waals surface area contributed by atoms with Gasteiger partial charge < -0.3 is 4.42 Å². The van der Waals surface area contributed by atoms with Gasteiger partial charge in [-0.05, 0) is 81.9 Å². The van der Waals surface area contributed by atoms with Gasteiger partial charge in [0.1, 0.15) is 11.2 Å². The summed E-state index contributed by atoms with van der Waals surface area (Å²) in [6, 6.07) is 81.3. The first-order valence-electron chi connectivity index (χ1n) is 22.3. The highest BCUT2D eigenvalue weighted by atomic mass is 16.3. The van der Waals surface area contributed by atoms with Crippen LogP contribution in [0.3, 0.4) is 0 Å². The molecule has 314 valence electrons. The Hall–Kier alpha value is -9.13. The van der Waals surface area contributed by atoms with Crippen molar-refractivity contribution < 1.29 is 4.42 Å². The second-order valence-electron chi connectivity index (χ2n) is 16.5. The van der Waals surface area contributed by atoms with Crippen LogP contribution in [0, 0.1) is 0 Å². The zero-order chi connectivity index (χ0) is 44.5. The second kappa shape index (κ2) is 17.1. The minimum Gasteiger partial charge on any atom is -0.455 e. The van der Waals surface area contributed by atoms with Crippen molar-refractivity contribution in [2.75, 3.05) is 0 Å². The minimum absolute atomic E-state index is 0.542. The largest absolute Gasteiger partial charge is 0.455 e. The number of benzene rings is 9. The van der Waals surface area contributed by atoms with Gasteiger partial charge in [-0.1, -0.05) is 188 Å². The van der Waals surface area contributed by atoms with Crippen LogP contribution in [0.5, 0.6) is 0 Å². The number of para-hydroxylation sites is 2. The van der Waals surface area contributed by atoms with E-state index in [1.165, 1.54) is 0 Å². The molecule has 6 nitrogen and oxygen atoms in total. The molecule has 9 aromatic carbocycles. The van der Waals surface area contributed by atoms with Gasteiger partial charge in [0.25, 0.3) is 0 Å². The first-order chi connectivity index (χ1) is 33.2. The van der Waals surface area contributed by atoms with E-state index in [0.29, 0.717) is 23.3 Å². The van der Waals surface area contributed by atoms with Crippen LogP contribution in [0.25, 0.3) is 123 Å². The van der Waals surface area contributed by atoms with E-state index < -0.39 is 0 Å². The summed E-state index contributed by atoms with van der Waals surface area (Å²) in [5.41, 5.74) is 15.3. The standard InChI is InChI=1S/C61H39N5O/c1-5-18-40(19-6-1)48-36-49(41-20-7-2-8-21-41)38-50(37-48)55-39-54(62-58(63-55)42-22-9-3-10-23-42)46-28-15-26-44(34-46)45-27-16-29-47(35-45)60-64-59(43-24-11-4-12-25-43)65-61(66-60)53-32-17-31-52-51-30-13-14-33-56(51)67-57(52)53/h1-39H. The van der Waals surface area contributed by atoms with Crippen LogP contribution in [0.1, 0.15) is 0 Å². The van der Waals surface area contributed by atoms with Crippen LogP contribution < -0.4 is 0 Å². The zero-order valence-electron chi connectivity index (χ0n) is 36.2. The van der Waals surface area contributed by atoms with Gasteiger partial charge in [0.2, 0.25) is 0 Å². The Labute approximate surface area is 387 Å². The van der Waals surface area contributed by atoms with E-state index >= 15 is 0 Å². The average Bonchev–Trinajstić information content (AvgIpc) is 3.81. The Balaban J connectivity index is 0.967. The van der Waals surface area contributed by atoms with Crippen LogP contribution in [0.15, 0.2) is 241 Å². The van der Waals surface area contributed by atoms with Gasteiger partial charge in [-0.2, -0.15) is 0 Å². The molecule has 0 aliphatic heterocycles. The number of aromatic nitrogens is 5. The molecule has 0 fully saturated rings. The molecule has 0 atom stereocenters. The third kappa shape index (κ3) is 7.83. The van der Waals surface area contributed by atoms with Gasteiger partial charge in [0.05, 0.1) is 17.0 Å². The van der Waals surface area contributed by atoms with E-state index in [2.05, 4.69) is 158 Å². The number of nitrogens with zero attached hydrogens (tertiary/aromatic N) is 5. The lowest BCUT2D eigenvalue weighted by Crippen LogP contribution is -2.00. The van der Waals surface area contributed by atoms with Crippen molar-refractivity contribution in [2.45, 2.75) is 0 Å². The van der Waals surface area contributed by atoms with Crippen LogP contribution in [0.2, 0.25) is 0 Å². The lowest BCUT2D eigenvalue weighted by Gasteiger charge is -2.14. The van der Waals surface area contributed by atoms with E-state index in [1.807, 2.05) is 78.9 Å². The Morgan fingerprint density at radius 1 is 0.239 bits per heavy atom. The molecule has 0 saturated heterocycles. The Morgan fingerprint density at radius 2 is 0.642 bits per heavy atom. The average molecular weight is 858 g/mol. The number of furan rings is 1. The summed E-state index contributed by atoms with van der Waals surface area (Å²) >= 11 is 0. The van der Waals surface area contributed by atoms with Crippen LogP contribution >= 0.6 is 0 Å². The summed E-state index contributed by atoms with van der Waals surface area (Å²) in [5.74, 6) is 2.35. The zero-order valence-corrected chi connectivity index (χ0v) is 36.2. The summed E-state index contributed by atoms with van der Waals surface area (Å²) in [6.45, 7) is 0. The van der Waals surface area contributed by atoms with Gasteiger partial charge >= 0.3 is 0 Å². The van der Waals surface area contributed by atoms with Crippen LogP contribution in [-0.2, 0) is 0 Å². The van der Waals surface area contributed by atoms with E-state index in [9.17, 15) is 0 Å². The van der Waals surface area contributed by atoms with E-state index in [0.717, 1.165) is 100 Å². The maximum absolute atomic E-state index is 6.46. The molecular weight excluding hydrogens is 819 g/mol. The molecule has 67 heavy (non-hydrogen) atoms. The molecule has 0 saturated carbocycles. The molecule has 0 aliphatic rings. The normalized spacial score (nSPS) is 11.3. The van der Waals surface area contributed by atoms with E-state index in [4.69, 9.17) is 29.3 Å². The Morgan fingerprint density at radius 3 is 1.27 bits per heavy atom. The third-order valence-corrected chi connectivity index (χ3v) is 12.1. The molecule has 0 amide bonds. The van der Waals surface area contributed by atoms with Crippen LogP contribution in [-0.4, -0.2) is 24.9 Å². The van der Waals surface area contributed by atoms with Crippen molar-refractivity contribution in [3.8, 4) is 101 Å². The molecule has 3 aromatic heterocycles. The van der Waals surface area contributed by atoms with Crippen molar-refractivity contribution in [1.82, 2.24) is 24.9 Å². The molecule has 0 aliphatic carbocycles. The topological polar surface area (TPSA) is 77.6 Å². The summed E-state index contributed by atoms with van der Waals surface area (Å²) in [4.78, 5) is 25.7. The quantitative estimate of drug-likeness (QED) is 0.144. The van der Waals surface area contributed by atoms with E-state index in [-0.39, 0.29) is 0 Å². The van der Waals surface area contributed by atoms with Crippen molar-refractivity contribution in [2.24, 2.45) is 0 Å². The number of hydrogen-bond donors (Lipinski definition) is 0. The second-order valence-corrected chi connectivity index (χ2v) is 16.5. The first kappa shape index (κ1) is 39.5. The lowest BCUT2D eigenvalue weighted by atomic mass is 9.94. The molecule has 0 N–H and O–H groups in total. The van der Waals surface area contributed by atoms with E-state index in [1.54, 1.807) is 0 Å². The summed E-state index contributed by atoms with van der Waals surface area (Å²) in [5, 5.41) is 2.07. The Bertz CT molecular complexity index is 3680. The smallest absolute Gasteiger partial charge is 0.167 e. The molecule has 3 heterocycles. The highest BCUT2D eigenvalue weighted by molar-refractivity contribution is 6.09. The molecule has 6 heteroatoms. The van der Waals surface area contributed by atoms with Gasteiger partial charge in [0, 0.05) is 38.6 Å². The number of rotatable bonds is 9. The van der Waals surface area contributed by atoms with Crippen molar-refractivity contribution >= 4 is 21.9 Å². The third-order valence-electron chi connectivity index (χ3n) is 12.1. The molecule has 0 spiro atoms. The predicted molar refractivity (Wildman–Crippen MR) is 272 cm³/mol. The highest BCUT2D eigenvalue weighted by Gasteiger charge is 2.19. The molecule has 12 aromatic rings. The molecule has 0 bridgehead atoms. The summed E-state index contributed by atoms with van der Waals surface area (Å²) in [6.07, 6.45) is 0. The van der Waals surface area contributed by atoms with Crippen molar-refractivity contribution in [3.05, 3.63) is 237 Å². The molecular formula is C61H39N5O. The lowest BCUT2D eigenvalue weighted by molar-refractivity contribution is 0.669. The highest BCUT2D eigenvalue weighted by Crippen LogP contribution is 2.38. The molecule has 0 unspecified atom stereocenters. The van der Waals surface area contributed by atoms with Gasteiger partial charge in [0.15, 0.2) is 23.3 Å². The molecule has 0 radical (unpaired) electrons. The summed E-state index contributed by atoms with van der Waals surface area (Å²) < 4.78 is 6.46. The summed E-state index contributed by atoms with van der Waals surface area (Å²) in [7, 11) is 0. The SMILES string of the molecule is c1ccc(-c2cc(-c3ccccc3)cc(-c3cc(-c4cccc(-c5cccc(-c6nc(-c7ccccc7)nc(-c7cccc8c7oc7ccccc78)n6)c5)c4)nc(-c4ccccc4)n3)c2)cc1. The van der Waals surface area contributed by atoms with Gasteiger partial charge in [-0.25, -0.2) is 24.9 Å². The van der Waals surface area contributed by atoms with Crippen LogP contribution in [0.4, 0.5) is 0 Å². The predicted octanol–water partition coefficient (Wildman–Crippen LogP) is 15.6. The van der Waals surface area contributed by atoms with Gasteiger partial charge in [-0.3, -0.25) is 0 Å². The fourth-order valence-electron chi connectivity index (χ4n) is 8.79. The maximum Gasteiger partial charge on any atom is 0.167 e. The maximum atomic E-state index is 6.46. The molecule has 12 rings (SSSR count). The monoisotopic (exact) mass is 857 g/mol. The fraction of sp³-hybridized carbons (Fsp3) is 0. The Kier molecular flexibility index (Phi) is 10.1. The van der Waals surface area contributed by atoms with Crippen molar-refractivity contribution in [1.29, 1.82) is 0 Å². The number of hydrogen-bond acceptors (Lipinski definition) is 6. The van der Waals surface area contributed by atoms with Gasteiger partial charge in [-0.15, -0.1) is 0 Å². The fourth-order valence-corrected chi connectivity index (χ4v) is 8.79. The van der Waals surface area contributed by atoms with Crippen molar-refractivity contribution in [3.63, 3.8) is 0 Å². The number of fused-ring (bicyclic) bond motifs is 3. The first-order valence-corrected chi connectivity index (χ1v) is 22.3.